The normalized spacial score (nSPS) is 39.0. The average molecular weight is 154 g/mol. The van der Waals surface area contributed by atoms with E-state index < -0.39 is 0 Å². The van der Waals surface area contributed by atoms with Gasteiger partial charge in [-0.3, -0.25) is 0 Å². The van der Waals surface area contributed by atoms with E-state index in [2.05, 4.69) is 5.32 Å². The van der Waals surface area contributed by atoms with Gasteiger partial charge in [0, 0.05) is 0 Å². The fourth-order valence-corrected chi connectivity index (χ4v) is 2.31. The van der Waals surface area contributed by atoms with Gasteiger partial charge in [-0.05, 0) is 56.7 Å². The Bertz CT molecular complexity index is 132. The van der Waals surface area contributed by atoms with E-state index in [1.807, 2.05) is 0 Å². The minimum atomic E-state index is 0.823. The molecule has 2 rings (SSSR count). The van der Waals surface area contributed by atoms with Gasteiger partial charge in [-0.1, -0.05) is 0 Å². The number of nitrogens with one attached hydrogen (secondary N) is 1. The molecule has 2 atom stereocenters. The molecule has 11 heavy (non-hydrogen) atoms. The van der Waals surface area contributed by atoms with Crippen LogP contribution in [0.2, 0.25) is 0 Å². The van der Waals surface area contributed by atoms with Crippen LogP contribution in [0, 0.1) is 17.8 Å². The summed E-state index contributed by atoms with van der Waals surface area (Å²) in [6.45, 7) is 3.32. The molecular formula is C9H18N2. The molecule has 0 unspecified atom stereocenters. The van der Waals surface area contributed by atoms with Gasteiger partial charge in [0.1, 0.15) is 0 Å². The topological polar surface area (TPSA) is 38.0 Å². The third-order valence-corrected chi connectivity index (χ3v) is 3.21. The molecule has 0 radical (unpaired) electrons. The molecule has 0 aromatic rings. The van der Waals surface area contributed by atoms with Crippen molar-refractivity contribution in [3.05, 3.63) is 0 Å². The molecule has 0 bridgehead atoms. The lowest BCUT2D eigenvalue weighted by molar-refractivity contribution is 0.233. The minimum Gasteiger partial charge on any atom is -0.330 e. The van der Waals surface area contributed by atoms with Crippen molar-refractivity contribution in [2.75, 3.05) is 19.6 Å². The van der Waals surface area contributed by atoms with Crippen LogP contribution in [0.25, 0.3) is 0 Å². The number of rotatable bonds is 2. The van der Waals surface area contributed by atoms with Crippen LogP contribution in [0.1, 0.15) is 19.3 Å². The molecule has 2 aliphatic rings. The summed E-state index contributed by atoms with van der Waals surface area (Å²) >= 11 is 0. The maximum absolute atomic E-state index is 5.73. The first-order valence-electron chi connectivity index (χ1n) is 4.82. The van der Waals surface area contributed by atoms with Crippen molar-refractivity contribution in [1.82, 2.24) is 5.32 Å². The molecular weight excluding hydrogens is 136 g/mol. The zero-order chi connectivity index (χ0) is 7.68. The zero-order valence-electron chi connectivity index (χ0n) is 7.05. The van der Waals surface area contributed by atoms with Crippen LogP contribution in [0.15, 0.2) is 0 Å². The molecule has 2 heteroatoms. The summed E-state index contributed by atoms with van der Waals surface area (Å²) in [6.07, 6.45) is 4.23. The number of hydrogen-bond acceptors (Lipinski definition) is 2. The smallest absolute Gasteiger partial charge is 0.00147 e. The highest BCUT2D eigenvalue weighted by Gasteiger charge is 2.36. The first kappa shape index (κ1) is 7.56. The van der Waals surface area contributed by atoms with Gasteiger partial charge in [-0.15, -0.1) is 0 Å². The lowest BCUT2D eigenvalue weighted by Crippen LogP contribution is -2.40. The molecule has 0 aromatic heterocycles. The van der Waals surface area contributed by atoms with Crippen LogP contribution in [-0.4, -0.2) is 19.6 Å². The monoisotopic (exact) mass is 154 g/mol. The van der Waals surface area contributed by atoms with Crippen LogP contribution in [-0.2, 0) is 0 Å². The molecule has 3 N–H and O–H groups in total. The summed E-state index contributed by atoms with van der Waals surface area (Å²) in [7, 11) is 0. The summed E-state index contributed by atoms with van der Waals surface area (Å²) < 4.78 is 0. The van der Waals surface area contributed by atoms with E-state index >= 15 is 0 Å². The maximum atomic E-state index is 5.73. The van der Waals surface area contributed by atoms with E-state index in [0.717, 1.165) is 24.3 Å². The van der Waals surface area contributed by atoms with Gasteiger partial charge >= 0.3 is 0 Å². The van der Waals surface area contributed by atoms with Crippen molar-refractivity contribution in [3.63, 3.8) is 0 Å². The van der Waals surface area contributed by atoms with Crippen molar-refractivity contribution in [2.24, 2.45) is 23.5 Å². The van der Waals surface area contributed by atoms with Crippen molar-refractivity contribution in [2.45, 2.75) is 19.3 Å². The Labute approximate surface area is 68.5 Å². The van der Waals surface area contributed by atoms with Crippen molar-refractivity contribution >= 4 is 0 Å². The van der Waals surface area contributed by atoms with Gasteiger partial charge in [0.25, 0.3) is 0 Å². The highest BCUT2D eigenvalue weighted by Crippen LogP contribution is 2.41. The van der Waals surface area contributed by atoms with E-state index in [1.54, 1.807) is 0 Å². The van der Waals surface area contributed by atoms with Gasteiger partial charge < -0.3 is 11.1 Å². The SMILES string of the molecule is NC[C@@H]1CCNC[C@@H]1C1CC1. The van der Waals surface area contributed by atoms with Crippen LogP contribution < -0.4 is 11.1 Å². The molecule has 64 valence electrons. The molecule has 0 aromatic carbocycles. The van der Waals surface area contributed by atoms with Gasteiger partial charge in [0.15, 0.2) is 0 Å². The van der Waals surface area contributed by atoms with E-state index in [0.29, 0.717) is 0 Å². The highest BCUT2D eigenvalue weighted by atomic mass is 14.9. The summed E-state index contributed by atoms with van der Waals surface area (Å²) in [5, 5.41) is 3.46. The first-order chi connectivity index (χ1) is 5.42. The lowest BCUT2D eigenvalue weighted by Gasteiger charge is -2.31. The third kappa shape index (κ3) is 1.57. The first-order valence-corrected chi connectivity index (χ1v) is 4.82. The van der Waals surface area contributed by atoms with Crippen molar-refractivity contribution in [3.8, 4) is 0 Å². The Kier molecular flexibility index (Phi) is 2.14. The predicted molar refractivity (Wildman–Crippen MR) is 46.2 cm³/mol. The van der Waals surface area contributed by atoms with Crippen LogP contribution in [0.5, 0.6) is 0 Å². The predicted octanol–water partition coefficient (Wildman–Crippen LogP) is 0.581. The second kappa shape index (κ2) is 3.11. The van der Waals surface area contributed by atoms with Crippen LogP contribution >= 0.6 is 0 Å². The molecule has 1 saturated carbocycles. The van der Waals surface area contributed by atoms with Crippen LogP contribution in [0.4, 0.5) is 0 Å². The third-order valence-electron chi connectivity index (χ3n) is 3.21. The molecule has 1 aliphatic heterocycles. The molecule has 2 fully saturated rings. The Morgan fingerprint density at radius 1 is 1.27 bits per heavy atom. The van der Waals surface area contributed by atoms with Gasteiger partial charge in [-0.25, -0.2) is 0 Å². The Morgan fingerprint density at radius 2 is 2.09 bits per heavy atom. The second-order valence-electron chi connectivity index (χ2n) is 3.99. The van der Waals surface area contributed by atoms with Crippen LogP contribution in [0.3, 0.4) is 0 Å². The van der Waals surface area contributed by atoms with Gasteiger partial charge in [-0.2, -0.15) is 0 Å². The van der Waals surface area contributed by atoms with Crippen molar-refractivity contribution < 1.29 is 0 Å². The zero-order valence-corrected chi connectivity index (χ0v) is 7.05. The number of nitrogens with two attached hydrogens (primary N) is 1. The Balaban J connectivity index is 1.91. The molecule has 2 nitrogen and oxygen atoms in total. The molecule has 1 aliphatic carbocycles. The standard InChI is InChI=1S/C9H18N2/c10-5-8-3-4-11-6-9(8)7-1-2-7/h7-9,11H,1-6,10H2/t8-,9+/m0/s1. The summed E-state index contributed by atoms with van der Waals surface area (Å²) in [4.78, 5) is 0. The van der Waals surface area contributed by atoms with Crippen molar-refractivity contribution in [1.29, 1.82) is 0 Å². The molecule has 0 spiro atoms. The van der Waals surface area contributed by atoms with E-state index in [4.69, 9.17) is 5.73 Å². The largest absolute Gasteiger partial charge is 0.330 e. The summed E-state index contributed by atoms with van der Waals surface area (Å²) in [5.41, 5.74) is 5.73. The second-order valence-corrected chi connectivity index (χ2v) is 3.99. The van der Waals surface area contributed by atoms with E-state index in [1.165, 1.54) is 32.4 Å². The summed E-state index contributed by atoms with van der Waals surface area (Å²) in [5.74, 6) is 2.76. The highest BCUT2D eigenvalue weighted by molar-refractivity contribution is 4.89. The lowest BCUT2D eigenvalue weighted by atomic mass is 9.83. The van der Waals surface area contributed by atoms with E-state index in [-0.39, 0.29) is 0 Å². The summed E-state index contributed by atoms with van der Waals surface area (Å²) in [6, 6.07) is 0. The van der Waals surface area contributed by atoms with Gasteiger partial charge in [0.05, 0.1) is 0 Å². The average Bonchev–Trinajstić information content (AvgIpc) is 2.87. The Morgan fingerprint density at radius 3 is 2.73 bits per heavy atom. The minimum absolute atomic E-state index is 0.823. The number of hydrogen-bond donors (Lipinski definition) is 2. The molecule has 1 heterocycles. The number of piperidine rings is 1. The quantitative estimate of drug-likeness (QED) is 0.610. The fraction of sp³-hybridized carbons (Fsp3) is 1.00. The fourth-order valence-electron chi connectivity index (χ4n) is 2.31. The van der Waals surface area contributed by atoms with E-state index in [9.17, 15) is 0 Å². The molecule has 0 amide bonds. The van der Waals surface area contributed by atoms with Gasteiger partial charge in [0.2, 0.25) is 0 Å². The Hall–Kier alpha value is -0.0800. The maximum Gasteiger partial charge on any atom is -0.00147 e. The molecule has 1 saturated heterocycles.